The zero-order valence-electron chi connectivity index (χ0n) is 12.7. The first kappa shape index (κ1) is 16.6. The van der Waals surface area contributed by atoms with Gasteiger partial charge in [-0.25, -0.2) is 0 Å². The van der Waals surface area contributed by atoms with E-state index in [1.807, 2.05) is 32.0 Å². The van der Waals surface area contributed by atoms with Gasteiger partial charge in [0.25, 0.3) is 0 Å². The van der Waals surface area contributed by atoms with Crippen LogP contribution < -0.4 is 11.1 Å². The van der Waals surface area contributed by atoms with Crippen LogP contribution in [0.4, 0.5) is 0 Å². The number of rotatable bonds is 8. The Morgan fingerprint density at radius 3 is 2.70 bits per heavy atom. The van der Waals surface area contributed by atoms with E-state index in [1.165, 1.54) is 0 Å². The predicted molar refractivity (Wildman–Crippen MR) is 81.1 cm³/mol. The maximum absolute atomic E-state index is 11.9. The summed E-state index contributed by atoms with van der Waals surface area (Å²) in [5.41, 5.74) is 6.84. The first-order chi connectivity index (χ1) is 9.56. The zero-order chi connectivity index (χ0) is 15.0. The highest BCUT2D eigenvalue weighted by Gasteiger charge is 2.20. The summed E-state index contributed by atoms with van der Waals surface area (Å²) < 4.78 is 0. The molecule has 0 fully saturated rings. The second-order valence-corrected chi connectivity index (χ2v) is 5.20. The van der Waals surface area contributed by atoms with Gasteiger partial charge < -0.3 is 11.1 Å². The fraction of sp³-hybridized carbons (Fsp3) is 0.600. The summed E-state index contributed by atoms with van der Waals surface area (Å²) in [6.07, 6.45) is 2.21. The summed E-state index contributed by atoms with van der Waals surface area (Å²) >= 11 is 0. The summed E-state index contributed by atoms with van der Waals surface area (Å²) in [6, 6.07) is 6.06. The van der Waals surface area contributed by atoms with Crippen LogP contribution in [0.5, 0.6) is 0 Å². The molecule has 0 saturated heterocycles. The molecule has 1 aromatic rings. The lowest BCUT2D eigenvalue weighted by atomic mass is 10.1. The Bertz CT molecular complexity index is 394. The molecule has 0 saturated carbocycles. The van der Waals surface area contributed by atoms with Crippen molar-refractivity contribution in [1.82, 2.24) is 15.2 Å². The molecule has 0 aromatic carbocycles. The molecule has 1 aromatic heterocycles. The van der Waals surface area contributed by atoms with Gasteiger partial charge in [-0.05, 0) is 32.5 Å². The standard InChI is InChI=1S/C15H26N4O/c1-4-19(11-13-7-5-6-8-17-13)14(10-16)9-15(20)18-12(2)3/h5-8,12,14H,4,9-11,16H2,1-3H3,(H,18,20). The van der Waals surface area contributed by atoms with E-state index in [0.717, 1.165) is 12.2 Å². The number of nitrogens with two attached hydrogens (primary N) is 1. The average Bonchev–Trinajstić information content (AvgIpc) is 2.43. The molecule has 1 atom stereocenters. The molecule has 1 heterocycles. The lowest BCUT2D eigenvalue weighted by Crippen LogP contribution is -2.44. The van der Waals surface area contributed by atoms with Crippen molar-refractivity contribution in [3.8, 4) is 0 Å². The van der Waals surface area contributed by atoms with Crippen LogP contribution in [0.15, 0.2) is 24.4 Å². The lowest BCUT2D eigenvalue weighted by Gasteiger charge is -2.29. The monoisotopic (exact) mass is 278 g/mol. The molecule has 0 bridgehead atoms. The quantitative estimate of drug-likeness (QED) is 0.748. The van der Waals surface area contributed by atoms with Crippen molar-refractivity contribution in [3.63, 3.8) is 0 Å². The molecular formula is C15H26N4O. The SMILES string of the molecule is CCN(Cc1ccccn1)C(CN)CC(=O)NC(C)C. The minimum atomic E-state index is 0.0424. The van der Waals surface area contributed by atoms with Crippen molar-refractivity contribution in [2.75, 3.05) is 13.1 Å². The molecule has 1 rings (SSSR count). The molecule has 0 spiro atoms. The van der Waals surface area contributed by atoms with Crippen LogP contribution in [0.3, 0.4) is 0 Å². The van der Waals surface area contributed by atoms with E-state index in [0.29, 0.717) is 19.5 Å². The van der Waals surface area contributed by atoms with Crippen molar-refractivity contribution in [2.24, 2.45) is 5.73 Å². The van der Waals surface area contributed by atoms with Crippen molar-refractivity contribution in [1.29, 1.82) is 0 Å². The molecular weight excluding hydrogens is 252 g/mol. The zero-order valence-corrected chi connectivity index (χ0v) is 12.7. The normalized spacial score (nSPS) is 12.7. The number of hydrogen-bond donors (Lipinski definition) is 2. The fourth-order valence-electron chi connectivity index (χ4n) is 2.16. The smallest absolute Gasteiger partial charge is 0.221 e. The largest absolute Gasteiger partial charge is 0.354 e. The van der Waals surface area contributed by atoms with E-state index in [2.05, 4.69) is 22.1 Å². The van der Waals surface area contributed by atoms with Gasteiger partial charge in [0.05, 0.1) is 5.69 Å². The Balaban J connectivity index is 2.62. The second kappa shape index (κ2) is 8.66. The second-order valence-electron chi connectivity index (χ2n) is 5.20. The van der Waals surface area contributed by atoms with Crippen LogP contribution in [-0.2, 0) is 11.3 Å². The minimum Gasteiger partial charge on any atom is -0.354 e. The van der Waals surface area contributed by atoms with E-state index in [-0.39, 0.29) is 18.0 Å². The molecule has 1 unspecified atom stereocenters. The molecule has 20 heavy (non-hydrogen) atoms. The van der Waals surface area contributed by atoms with Gasteiger partial charge in [0.1, 0.15) is 0 Å². The van der Waals surface area contributed by atoms with Crippen LogP contribution in [0.1, 0.15) is 32.9 Å². The van der Waals surface area contributed by atoms with Crippen LogP contribution in [0.2, 0.25) is 0 Å². The van der Waals surface area contributed by atoms with E-state index < -0.39 is 0 Å². The van der Waals surface area contributed by atoms with Gasteiger partial charge in [0.2, 0.25) is 5.91 Å². The topological polar surface area (TPSA) is 71.2 Å². The predicted octanol–water partition coefficient (Wildman–Crippen LogP) is 1.15. The average molecular weight is 278 g/mol. The van der Waals surface area contributed by atoms with E-state index in [1.54, 1.807) is 6.20 Å². The first-order valence-corrected chi connectivity index (χ1v) is 7.20. The Labute approximate surface area is 121 Å². The third kappa shape index (κ3) is 5.67. The summed E-state index contributed by atoms with van der Waals surface area (Å²) in [4.78, 5) is 18.4. The van der Waals surface area contributed by atoms with Gasteiger partial charge in [0.15, 0.2) is 0 Å². The molecule has 5 nitrogen and oxygen atoms in total. The number of amides is 1. The van der Waals surface area contributed by atoms with Crippen molar-refractivity contribution in [2.45, 2.75) is 45.8 Å². The van der Waals surface area contributed by atoms with Gasteiger partial charge >= 0.3 is 0 Å². The van der Waals surface area contributed by atoms with Crippen LogP contribution in [-0.4, -0.2) is 41.0 Å². The van der Waals surface area contributed by atoms with Crippen molar-refractivity contribution < 1.29 is 4.79 Å². The van der Waals surface area contributed by atoms with E-state index >= 15 is 0 Å². The highest BCUT2D eigenvalue weighted by atomic mass is 16.1. The summed E-state index contributed by atoms with van der Waals surface area (Å²) in [7, 11) is 0. The molecule has 0 aliphatic rings. The number of pyridine rings is 1. The van der Waals surface area contributed by atoms with E-state index in [4.69, 9.17) is 5.73 Å². The highest BCUT2D eigenvalue weighted by molar-refractivity contribution is 5.76. The summed E-state index contributed by atoms with van der Waals surface area (Å²) in [5, 5.41) is 2.91. The summed E-state index contributed by atoms with van der Waals surface area (Å²) in [5.74, 6) is 0.0509. The fourth-order valence-corrected chi connectivity index (χ4v) is 2.16. The van der Waals surface area contributed by atoms with Gasteiger partial charge in [0, 0.05) is 37.8 Å². The van der Waals surface area contributed by atoms with Gasteiger partial charge in [-0.2, -0.15) is 0 Å². The van der Waals surface area contributed by atoms with Crippen molar-refractivity contribution >= 4 is 5.91 Å². The first-order valence-electron chi connectivity index (χ1n) is 7.20. The molecule has 3 N–H and O–H groups in total. The number of carbonyl (C=O) groups is 1. The minimum absolute atomic E-state index is 0.0424. The summed E-state index contributed by atoms with van der Waals surface area (Å²) in [6.45, 7) is 8.02. The van der Waals surface area contributed by atoms with Crippen LogP contribution in [0, 0.1) is 0 Å². The Kier molecular flexibility index (Phi) is 7.18. The molecule has 0 aliphatic carbocycles. The number of nitrogens with zero attached hydrogens (tertiary/aromatic N) is 2. The molecule has 5 heteroatoms. The number of nitrogens with one attached hydrogen (secondary N) is 1. The molecule has 0 radical (unpaired) electrons. The maximum Gasteiger partial charge on any atom is 0.221 e. The Morgan fingerprint density at radius 2 is 2.20 bits per heavy atom. The number of hydrogen-bond acceptors (Lipinski definition) is 4. The number of aromatic nitrogens is 1. The van der Waals surface area contributed by atoms with Gasteiger partial charge in [-0.1, -0.05) is 13.0 Å². The number of likely N-dealkylation sites (N-methyl/N-ethyl adjacent to an activating group) is 1. The number of carbonyl (C=O) groups excluding carboxylic acids is 1. The molecule has 1 amide bonds. The van der Waals surface area contributed by atoms with Crippen LogP contribution >= 0.6 is 0 Å². The van der Waals surface area contributed by atoms with Crippen molar-refractivity contribution in [3.05, 3.63) is 30.1 Å². The van der Waals surface area contributed by atoms with E-state index in [9.17, 15) is 4.79 Å². The van der Waals surface area contributed by atoms with Crippen LogP contribution in [0.25, 0.3) is 0 Å². The Hall–Kier alpha value is -1.46. The third-order valence-electron chi connectivity index (χ3n) is 3.16. The van der Waals surface area contributed by atoms with Gasteiger partial charge in [-0.15, -0.1) is 0 Å². The lowest BCUT2D eigenvalue weighted by molar-refractivity contribution is -0.122. The molecule has 0 aliphatic heterocycles. The van der Waals surface area contributed by atoms with Gasteiger partial charge in [-0.3, -0.25) is 14.7 Å². The third-order valence-corrected chi connectivity index (χ3v) is 3.16. The highest BCUT2D eigenvalue weighted by Crippen LogP contribution is 2.08. The Morgan fingerprint density at radius 1 is 1.45 bits per heavy atom. The molecule has 112 valence electrons. The maximum atomic E-state index is 11.9.